The molecule has 0 radical (unpaired) electrons. The van der Waals surface area contributed by atoms with Gasteiger partial charge in [-0.15, -0.1) is 0 Å². The van der Waals surface area contributed by atoms with Gasteiger partial charge in [-0.1, -0.05) is 18.2 Å². The molecule has 2 aromatic rings. The van der Waals surface area contributed by atoms with Gasteiger partial charge < -0.3 is 9.47 Å². The first-order valence-corrected chi connectivity index (χ1v) is 6.74. The molecule has 0 aliphatic heterocycles. The number of nitro groups is 1. The van der Waals surface area contributed by atoms with Crippen LogP contribution < -0.4 is 9.47 Å². The summed E-state index contributed by atoms with van der Waals surface area (Å²) in [5, 5.41) is 10.8. The molecule has 118 valence electrons. The lowest BCUT2D eigenvalue weighted by atomic mass is 10.1. The van der Waals surface area contributed by atoms with Crippen molar-refractivity contribution >= 4 is 17.5 Å². The second kappa shape index (κ2) is 7.22. The number of ketones is 1. The summed E-state index contributed by atoms with van der Waals surface area (Å²) in [6, 6.07) is 11.0. The lowest BCUT2D eigenvalue weighted by molar-refractivity contribution is -0.384. The molecule has 0 spiro atoms. The van der Waals surface area contributed by atoms with Crippen LogP contribution in [0.4, 0.5) is 5.69 Å². The van der Waals surface area contributed by atoms with Crippen LogP contribution in [0.3, 0.4) is 0 Å². The number of hydrogen-bond acceptors (Lipinski definition) is 5. The van der Waals surface area contributed by atoms with Crippen molar-refractivity contribution < 1.29 is 19.2 Å². The van der Waals surface area contributed by atoms with Crippen LogP contribution in [0, 0.1) is 10.1 Å². The lowest BCUT2D eigenvalue weighted by Crippen LogP contribution is -1.99. The molecule has 0 aromatic heterocycles. The molecule has 2 rings (SSSR count). The third kappa shape index (κ3) is 3.94. The van der Waals surface area contributed by atoms with E-state index in [-0.39, 0.29) is 11.5 Å². The minimum Gasteiger partial charge on any atom is -0.497 e. The Morgan fingerprint density at radius 1 is 1.13 bits per heavy atom. The number of nitro benzene ring substituents is 1. The molecule has 0 saturated heterocycles. The summed E-state index contributed by atoms with van der Waals surface area (Å²) >= 11 is 0. The van der Waals surface area contributed by atoms with Gasteiger partial charge in [0.25, 0.3) is 5.69 Å². The first-order valence-electron chi connectivity index (χ1n) is 6.74. The van der Waals surface area contributed by atoms with Crippen molar-refractivity contribution in [2.24, 2.45) is 0 Å². The highest BCUT2D eigenvalue weighted by atomic mass is 16.6. The number of methoxy groups -OCH3 is 2. The number of benzene rings is 2. The van der Waals surface area contributed by atoms with Crippen LogP contribution in [-0.4, -0.2) is 24.9 Å². The number of ether oxygens (including phenoxy) is 2. The summed E-state index contributed by atoms with van der Waals surface area (Å²) in [4.78, 5) is 22.6. The highest BCUT2D eigenvalue weighted by molar-refractivity contribution is 6.08. The Morgan fingerprint density at radius 3 is 2.57 bits per heavy atom. The van der Waals surface area contributed by atoms with Crippen molar-refractivity contribution in [3.8, 4) is 11.5 Å². The van der Waals surface area contributed by atoms with Gasteiger partial charge in [0.05, 0.1) is 24.7 Å². The van der Waals surface area contributed by atoms with Crippen LogP contribution >= 0.6 is 0 Å². The summed E-state index contributed by atoms with van der Waals surface area (Å²) in [5.74, 6) is 0.685. The molecule has 0 atom stereocenters. The first-order chi connectivity index (χ1) is 11.0. The number of rotatable bonds is 6. The molecular formula is C17H15NO5. The van der Waals surface area contributed by atoms with Gasteiger partial charge in [-0.05, 0) is 29.8 Å². The monoisotopic (exact) mass is 313 g/mol. The van der Waals surface area contributed by atoms with Crippen LogP contribution in [0.1, 0.15) is 15.9 Å². The molecule has 0 aliphatic rings. The van der Waals surface area contributed by atoms with Gasteiger partial charge in [-0.25, -0.2) is 0 Å². The largest absolute Gasteiger partial charge is 0.497 e. The van der Waals surface area contributed by atoms with Gasteiger partial charge in [-0.2, -0.15) is 0 Å². The van der Waals surface area contributed by atoms with E-state index in [0.29, 0.717) is 22.6 Å². The number of allylic oxidation sites excluding steroid dienone is 1. The van der Waals surface area contributed by atoms with Gasteiger partial charge in [0.15, 0.2) is 5.78 Å². The average molecular weight is 313 g/mol. The molecule has 6 heteroatoms. The molecule has 0 N–H and O–H groups in total. The summed E-state index contributed by atoms with van der Waals surface area (Å²) in [6.07, 6.45) is 2.87. The maximum atomic E-state index is 12.3. The highest BCUT2D eigenvalue weighted by Crippen LogP contribution is 2.25. The first kappa shape index (κ1) is 16.2. The summed E-state index contributed by atoms with van der Waals surface area (Å²) < 4.78 is 10.3. The van der Waals surface area contributed by atoms with E-state index in [0.717, 1.165) is 0 Å². The predicted molar refractivity (Wildman–Crippen MR) is 86.0 cm³/mol. The molecule has 0 saturated carbocycles. The van der Waals surface area contributed by atoms with Crippen molar-refractivity contribution in [2.75, 3.05) is 14.2 Å². The lowest BCUT2D eigenvalue weighted by Gasteiger charge is -2.07. The van der Waals surface area contributed by atoms with Gasteiger partial charge in [0.1, 0.15) is 11.5 Å². The average Bonchev–Trinajstić information content (AvgIpc) is 2.59. The molecule has 6 nitrogen and oxygen atoms in total. The van der Waals surface area contributed by atoms with Gasteiger partial charge >= 0.3 is 0 Å². The fourth-order valence-electron chi connectivity index (χ4n) is 2.01. The standard InChI is InChI=1S/C17H15NO5/c1-22-14-7-9-17(23-2)15(11-14)16(19)8-6-12-4-3-5-13(10-12)18(20)21/h3-11H,1-2H3/b8-6+. The third-order valence-electron chi connectivity index (χ3n) is 3.18. The van der Waals surface area contributed by atoms with Crippen LogP contribution in [0.15, 0.2) is 48.5 Å². The predicted octanol–water partition coefficient (Wildman–Crippen LogP) is 3.51. The second-order valence-electron chi connectivity index (χ2n) is 4.62. The zero-order valence-electron chi connectivity index (χ0n) is 12.7. The summed E-state index contributed by atoms with van der Waals surface area (Å²) in [6.45, 7) is 0. The van der Waals surface area contributed by atoms with E-state index in [9.17, 15) is 14.9 Å². The molecule has 0 fully saturated rings. The Kier molecular flexibility index (Phi) is 5.09. The Hall–Kier alpha value is -3.15. The van der Waals surface area contributed by atoms with E-state index >= 15 is 0 Å². The van der Waals surface area contributed by atoms with E-state index < -0.39 is 4.92 Å². The third-order valence-corrected chi connectivity index (χ3v) is 3.18. The van der Waals surface area contributed by atoms with E-state index in [1.807, 2.05) is 0 Å². The Labute approximate surface area is 133 Å². The number of non-ortho nitro benzene ring substituents is 1. The summed E-state index contributed by atoms with van der Waals surface area (Å²) in [7, 11) is 2.98. The molecule has 0 aliphatic carbocycles. The van der Waals surface area contributed by atoms with Crippen molar-refractivity contribution in [2.45, 2.75) is 0 Å². The minimum absolute atomic E-state index is 0.0291. The quantitative estimate of drug-likeness (QED) is 0.353. The van der Waals surface area contributed by atoms with Crippen molar-refractivity contribution in [1.82, 2.24) is 0 Å². The van der Waals surface area contributed by atoms with E-state index in [1.54, 1.807) is 30.3 Å². The Morgan fingerprint density at radius 2 is 1.91 bits per heavy atom. The molecule has 2 aromatic carbocycles. The fraction of sp³-hybridized carbons (Fsp3) is 0.118. The van der Waals surface area contributed by atoms with Gasteiger partial charge in [0, 0.05) is 12.1 Å². The number of hydrogen-bond donors (Lipinski definition) is 0. The zero-order valence-corrected chi connectivity index (χ0v) is 12.7. The maximum Gasteiger partial charge on any atom is 0.270 e. The van der Waals surface area contributed by atoms with Crippen LogP contribution in [0.5, 0.6) is 11.5 Å². The fourth-order valence-corrected chi connectivity index (χ4v) is 2.01. The van der Waals surface area contributed by atoms with Crippen molar-refractivity contribution in [1.29, 1.82) is 0 Å². The SMILES string of the molecule is COc1ccc(OC)c(C(=O)/C=C/c2cccc([N+](=O)[O-])c2)c1. The van der Waals surface area contributed by atoms with Crippen LogP contribution in [0.2, 0.25) is 0 Å². The van der Waals surface area contributed by atoms with Gasteiger partial charge in [0.2, 0.25) is 0 Å². The van der Waals surface area contributed by atoms with Crippen molar-refractivity contribution in [3.63, 3.8) is 0 Å². The van der Waals surface area contributed by atoms with Crippen molar-refractivity contribution in [3.05, 3.63) is 69.8 Å². The van der Waals surface area contributed by atoms with Crippen LogP contribution in [0.25, 0.3) is 6.08 Å². The van der Waals surface area contributed by atoms with E-state index in [1.165, 1.54) is 38.5 Å². The molecular weight excluding hydrogens is 298 g/mol. The second-order valence-corrected chi connectivity index (χ2v) is 4.62. The van der Waals surface area contributed by atoms with E-state index in [4.69, 9.17) is 9.47 Å². The zero-order chi connectivity index (χ0) is 16.8. The Balaban J connectivity index is 2.28. The smallest absolute Gasteiger partial charge is 0.270 e. The van der Waals surface area contributed by atoms with Crippen LogP contribution in [-0.2, 0) is 0 Å². The Bertz CT molecular complexity index is 767. The van der Waals surface area contributed by atoms with Gasteiger partial charge in [-0.3, -0.25) is 14.9 Å². The molecule has 23 heavy (non-hydrogen) atoms. The summed E-state index contributed by atoms with van der Waals surface area (Å²) in [5.41, 5.74) is 0.890. The number of carbonyl (C=O) groups excluding carboxylic acids is 1. The molecule has 0 amide bonds. The highest BCUT2D eigenvalue weighted by Gasteiger charge is 2.11. The normalized spacial score (nSPS) is 10.5. The molecule has 0 unspecified atom stereocenters. The molecule has 0 heterocycles. The van der Waals surface area contributed by atoms with E-state index in [2.05, 4.69) is 0 Å². The maximum absolute atomic E-state index is 12.3. The minimum atomic E-state index is -0.482. The number of carbonyl (C=O) groups is 1. The topological polar surface area (TPSA) is 78.7 Å². The molecule has 0 bridgehead atoms. The number of nitrogens with zero attached hydrogens (tertiary/aromatic N) is 1.